The average molecular weight is 242 g/mol. The minimum Gasteiger partial charge on any atom is -0.460 e. The Morgan fingerprint density at radius 2 is 1.81 bits per heavy atom. The molecule has 0 amide bonds. The zero-order valence-corrected chi connectivity index (χ0v) is 9.44. The number of halogens is 4. The van der Waals surface area contributed by atoms with E-state index in [2.05, 4.69) is 11.9 Å². The molecule has 0 bridgehead atoms. The molecule has 0 aromatic carbocycles. The molecule has 0 fully saturated rings. The number of aromatic nitrogens is 2. The molecule has 0 unspecified atom stereocenters. The molecule has 1 N–H and O–H groups in total. The predicted octanol–water partition coefficient (Wildman–Crippen LogP) is 2.10. The van der Waals surface area contributed by atoms with Gasteiger partial charge in [0, 0.05) is 6.42 Å². The standard InChI is InChI=1S/C8H14N2O.BF4/c1-4-7-9-6-8(10(7)3)11-5-2;2-1(3,4)5/h6H,4-5H2,1-3H3;/q;-1/p+1. The van der Waals surface area contributed by atoms with Crippen LogP contribution in [0.25, 0.3) is 0 Å². The molecule has 0 aliphatic rings. The molecule has 8 heteroatoms. The highest BCUT2D eigenvalue weighted by Gasteiger charge is 2.20. The fourth-order valence-corrected chi connectivity index (χ4v) is 1.10. The first kappa shape index (κ1) is 14.8. The highest BCUT2D eigenvalue weighted by molar-refractivity contribution is 6.50. The van der Waals surface area contributed by atoms with E-state index >= 15 is 0 Å². The number of H-pyrrole nitrogens is 1. The largest absolute Gasteiger partial charge is 0.673 e. The lowest BCUT2D eigenvalue weighted by Gasteiger charge is -1.96. The van der Waals surface area contributed by atoms with Crippen LogP contribution in [0.3, 0.4) is 0 Å². The second kappa shape index (κ2) is 6.39. The highest BCUT2D eigenvalue weighted by atomic mass is 19.5. The number of rotatable bonds is 3. The second-order valence-electron chi connectivity index (χ2n) is 2.91. The molecule has 1 heterocycles. The highest BCUT2D eigenvalue weighted by Crippen LogP contribution is 2.06. The Labute approximate surface area is 91.5 Å². The van der Waals surface area contributed by atoms with Crippen molar-refractivity contribution in [2.24, 2.45) is 7.05 Å². The van der Waals surface area contributed by atoms with Crippen molar-refractivity contribution >= 4 is 7.25 Å². The molecule has 1 rings (SSSR count). The van der Waals surface area contributed by atoms with Crippen LogP contribution in [0, 0.1) is 0 Å². The van der Waals surface area contributed by atoms with E-state index in [1.807, 2.05) is 24.7 Å². The maximum Gasteiger partial charge on any atom is 0.673 e. The Kier molecular flexibility index (Phi) is 5.91. The Morgan fingerprint density at radius 3 is 2.12 bits per heavy atom. The van der Waals surface area contributed by atoms with E-state index in [-0.39, 0.29) is 0 Å². The van der Waals surface area contributed by atoms with Gasteiger partial charge in [-0.3, -0.25) is 0 Å². The molecule has 16 heavy (non-hydrogen) atoms. The Balaban J connectivity index is 0.000000385. The zero-order chi connectivity index (χ0) is 12.8. The van der Waals surface area contributed by atoms with Crippen molar-refractivity contribution in [1.29, 1.82) is 0 Å². The van der Waals surface area contributed by atoms with Gasteiger partial charge in [-0.15, -0.1) is 0 Å². The van der Waals surface area contributed by atoms with Crippen molar-refractivity contribution in [3.8, 4) is 5.88 Å². The SMILES string of the molecule is CCOc1c[nH]c(CC)[n+]1C.F[B-](F)(F)F. The molecule has 0 aliphatic carbocycles. The van der Waals surface area contributed by atoms with Crippen molar-refractivity contribution in [2.75, 3.05) is 6.61 Å². The number of nitrogens with one attached hydrogen (secondary N) is 1. The summed E-state index contributed by atoms with van der Waals surface area (Å²) in [4.78, 5) is 3.15. The van der Waals surface area contributed by atoms with E-state index in [1.54, 1.807) is 0 Å². The van der Waals surface area contributed by atoms with Crippen LogP contribution in [0.2, 0.25) is 0 Å². The summed E-state index contributed by atoms with van der Waals surface area (Å²) in [7, 11) is -4.00. The summed E-state index contributed by atoms with van der Waals surface area (Å²) < 4.78 is 46.4. The fourth-order valence-electron chi connectivity index (χ4n) is 1.10. The lowest BCUT2D eigenvalue weighted by molar-refractivity contribution is -0.683. The van der Waals surface area contributed by atoms with Crippen LogP contribution in [0.5, 0.6) is 5.88 Å². The monoisotopic (exact) mass is 242 g/mol. The maximum absolute atomic E-state index is 9.75. The molecular weight excluding hydrogens is 227 g/mol. The lowest BCUT2D eigenvalue weighted by Crippen LogP contribution is -2.32. The third-order valence-corrected chi connectivity index (χ3v) is 1.72. The van der Waals surface area contributed by atoms with Crippen LogP contribution in [0.15, 0.2) is 6.20 Å². The van der Waals surface area contributed by atoms with Gasteiger partial charge in [0.2, 0.25) is 0 Å². The van der Waals surface area contributed by atoms with Gasteiger partial charge in [0.15, 0.2) is 6.20 Å². The Bertz CT molecular complexity index is 307. The van der Waals surface area contributed by atoms with Crippen molar-refractivity contribution in [3.05, 3.63) is 12.0 Å². The van der Waals surface area contributed by atoms with Crippen LogP contribution in [-0.4, -0.2) is 18.8 Å². The van der Waals surface area contributed by atoms with E-state index in [9.17, 15) is 17.3 Å². The van der Waals surface area contributed by atoms with Crippen LogP contribution in [-0.2, 0) is 13.5 Å². The topological polar surface area (TPSA) is 28.9 Å². The number of hydrogen-bond acceptors (Lipinski definition) is 1. The smallest absolute Gasteiger partial charge is 0.460 e. The summed E-state index contributed by atoms with van der Waals surface area (Å²) >= 11 is 0. The van der Waals surface area contributed by atoms with Crippen molar-refractivity contribution < 1.29 is 26.6 Å². The third-order valence-electron chi connectivity index (χ3n) is 1.72. The Hall–Kier alpha value is -1.21. The van der Waals surface area contributed by atoms with Gasteiger partial charge in [-0.05, 0) is 6.92 Å². The molecule has 1 aromatic rings. The average Bonchev–Trinajstić information content (AvgIpc) is 2.46. The summed E-state index contributed by atoms with van der Waals surface area (Å²) in [5.74, 6) is 2.10. The van der Waals surface area contributed by atoms with Gasteiger partial charge < -0.3 is 22.0 Å². The molecule has 0 atom stereocenters. The van der Waals surface area contributed by atoms with Crippen LogP contribution < -0.4 is 9.30 Å². The van der Waals surface area contributed by atoms with Crippen molar-refractivity contribution in [1.82, 2.24) is 4.98 Å². The minimum atomic E-state index is -6.00. The van der Waals surface area contributed by atoms with E-state index in [4.69, 9.17) is 4.74 Å². The predicted molar refractivity (Wildman–Crippen MR) is 52.7 cm³/mol. The summed E-state index contributed by atoms with van der Waals surface area (Å²) in [6.45, 7) is 4.81. The number of aryl methyl sites for hydroxylation is 1. The summed E-state index contributed by atoms with van der Waals surface area (Å²) in [6, 6.07) is 0. The molecule has 0 aliphatic heterocycles. The molecule has 1 aromatic heterocycles. The quantitative estimate of drug-likeness (QED) is 0.490. The van der Waals surface area contributed by atoms with Gasteiger partial charge in [0.05, 0.1) is 13.7 Å². The molecule has 0 spiro atoms. The molecular formula is C8H15BF4N2O. The van der Waals surface area contributed by atoms with Gasteiger partial charge in [0.25, 0.3) is 5.82 Å². The summed E-state index contributed by atoms with van der Waals surface area (Å²) in [6.07, 6.45) is 2.89. The van der Waals surface area contributed by atoms with Gasteiger partial charge in [-0.25, -0.2) is 9.55 Å². The van der Waals surface area contributed by atoms with Gasteiger partial charge in [-0.1, -0.05) is 6.92 Å². The van der Waals surface area contributed by atoms with E-state index in [0.29, 0.717) is 0 Å². The molecule has 0 radical (unpaired) electrons. The minimum absolute atomic E-state index is 0.717. The van der Waals surface area contributed by atoms with Gasteiger partial charge in [0.1, 0.15) is 0 Å². The summed E-state index contributed by atoms with van der Waals surface area (Å²) in [5.41, 5.74) is 0. The van der Waals surface area contributed by atoms with Crippen molar-refractivity contribution in [2.45, 2.75) is 20.3 Å². The number of ether oxygens (including phenoxy) is 1. The molecule has 94 valence electrons. The number of imidazole rings is 1. The molecule has 0 saturated carbocycles. The van der Waals surface area contributed by atoms with Crippen LogP contribution in [0.1, 0.15) is 19.7 Å². The zero-order valence-electron chi connectivity index (χ0n) is 9.44. The fraction of sp³-hybridized carbons (Fsp3) is 0.625. The number of nitrogens with zero attached hydrogens (tertiary/aromatic N) is 1. The van der Waals surface area contributed by atoms with Gasteiger partial charge >= 0.3 is 13.1 Å². The van der Waals surface area contributed by atoms with Crippen LogP contribution >= 0.6 is 0 Å². The summed E-state index contributed by atoms with van der Waals surface area (Å²) in [5, 5.41) is 0. The molecule has 3 nitrogen and oxygen atoms in total. The maximum atomic E-state index is 9.75. The Morgan fingerprint density at radius 1 is 1.31 bits per heavy atom. The lowest BCUT2D eigenvalue weighted by atomic mass is 10.3. The van der Waals surface area contributed by atoms with Crippen molar-refractivity contribution in [3.63, 3.8) is 0 Å². The van der Waals surface area contributed by atoms with Gasteiger partial charge in [-0.2, -0.15) is 0 Å². The van der Waals surface area contributed by atoms with Crippen LogP contribution in [0.4, 0.5) is 17.3 Å². The third kappa shape index (κ3) is 6.31. The molecule has 0 saturated heterocycles. The van der Waals surface area contributed by atoms with E-state index < -0.39 is 7.25 Å². The van der Waals surface area contributed by atoms with E-state index in [1.165, 1.54) is 5.82 Å². The number of aromatic amines is 1. The first-order valence-corrected chi connectivity index (χ1v) is 4.86. The second-order valence-corrected chi connectivity index (χ2v) is 2.91. The first-order valence-electron chi connectivity index (χ1n) is 4.86. The number of hydrogen-bond donors (Lipinski definition) is 1. The first-order chi connectivity index (χ1) is 7.29. The van der Waals surface area contributed by atoms with E-state index in [0.717, 1.165) is 18.9 Å². The normalized spacial score (nSPS) is 10.7.